The SMILES string of the molecule is Cc1cccc(C(C)(F)I)c1. The molecule has 60 valence electrons. The Bertz CT molecular complexity index is 250. The molecule has 0 heterocycles. The summed E-state index contributed by atoms with van der Waals surface area (Å²) in [5.41, 5.74) is 1.83. The van der Waals surface area contributed by atoms with Crippen LogP contribution in [0.1, 0.15) is 18.1 Å². The summed E-state index contributed by atoms with van der Waals surface area (Å²) >= 11 is 1.79. The van der Waals surface area contributed by atoms with E-state index in [2.05, 4.69) is 0 Å². The molecule has 0 saturated heterocycles. The fourth-order valence-corrected chi connectivity index (χ4v) is 1.25. The first-order valence-corrected chi connectivity index (χ1v) is 4.53. The van der Waals surface area contributed by atoms with Crippen LogP contribution in [-0.2, 0) is 3.68 Å². The van der Waals surface area contributed by atoms with E-state index in [4.69, 9.17) is 0 Å². The first-order chi connectivity index (χ1) is 5.00. The summed E-state index contributed by atoms with van der Waals surface area (Å²) in [6.07, 6.45) is 0. The second-order valence-electron chi connectivity index (χ2n) is 2.76. The lowest BCUT2D eigenvalue weighted by atomic mass is 10.1. The molecule has 1 unspecified atom stereocenters. The van der Waals surface area contributed by atoms with Gasteiger partial charge in [0.1, 0.15) is 0 Å². The fraction of sp³-hybridized carbons (Fsp3) is 0.333. The van der Waals surface area contributed by atoms with E-state index in [0.717, 1.165) is 11.1 Å². The van der Waals surface area contributed by atoms with Crippen molar-refractivity contribution >= 4 is 22.6 Å². The number of rotatable bonds is 1. The van der Waals surface area contributed by atoms with Gasteiger partial charge in [-0.1, -0.05) is 29.8 Å². The Hall–Kier alpha value is -0.120. The van der Waals surface area contributed by atoms with E-state index < -0.39 is 3.68 Å². The first-order valence-electron chi connectivity index (χ1n) is 3.45. The number of benzene rings is 1. The van der Waals surface area contributed by atoms with Gasteiger partial charge in [-0.15, -0.1) is 0 Å². The van der Waals surface area contributed by atoms with Gasteiger partial charge in [0.15, 0.2) is 3.68 Å². The van der Waals surface area contributed by atoms with Crippen molar-refractivity contribution in [3.8, 4) is 0 Å². The predicted octanol–water partition coefficient (Wildman–Crippen LogP) is 3.57. The van der Waals surface area contributed by atoms with Gasteiger partial charge in [-0.25, -0.2) is 4.39 Å². The zero-order valence-corrected chi connectivity index (χ0v) is 8.72. The minimum atomic E-state index is -1.25. The van der Waals surface area contributed by atoms with Crippen LogP contribution >= 0.6 is 22.6 Å². The van der Waals surface area contributed by atoms with Gasteiger partial charge in [0.2, 0.25) is 0 Å². The van der Waals surface area contributed by atoms with Crippen LogP contribution in [-0.4, -0.2) is 0 Å². The predicted molar refractivity (Wildman–Crippen MR) is 53.7 cm³/mol. The van der Waals surface area contributed by atoms with Crippen molar-refractivity contribution in [2.75, 3.05) is 0 Å². The van der Waals surface area contributed by atoms with Gasteiger partial charge in [0.05, 0.1) is 0 Å². The molecule has 11 heavy (non-hydrogen) atoms. The Kier molecular flexibility index (Phi) is 2.52. The molecular weight excluding hydrogens is 254 g/mol. The Labute approximate surface area is 80.0 Å². The largest absolute Gasteiger partial charge is 0.227 e. The zero-order valence-electron chi connectivity index (χ0n) is 6.57. The molecule has 1 atom stereocenters. The molecule has 0 spiro atoms. The molecule has 1 aromatic carbocycles. The minimum Gasteiger partial charge on any atom is -0.227 e. The van der Waals surface area contributed by atoms with Gasteiger partial charge in [0.25, 0.3) is 0 Å². The average Bonchev–Trinajstić information content (AvgIpc) is 1.86. The molecule has 0 amide bonds. The molecule has 0 bridgehead atoms. The van der Waals surface area contributed by atoms with Crippen LogP contribution in [0.4, 0.5) is 4.39 Å². The summed E-state index contributed by atoms with van der Waals surface area (Å²) in [6.45, 7) is 3.52. The topological polar surface area (TPSA) is 0 Å². The van der Waals surface area contributed by atoms with E-state index in [0.29, 0.717) is 0 Å². The summed E-state index contributed by atoms with van der Waals surface area (Å²) in [6, 6.07) is 7.51. The van der Waals surface area contributed by atoms with Crippen molar-refractivity contribution in [3.63, 3.8) is 0 Å². The Morgan fingerprint density at radius 3 is 2.45 bits per heavy atom. The second-order valence-corrected chi connectivity index (χ2v) is 4.78. The normalized spacial score (nSPS) is 16.0. The second kappa shape index (κ2) is 3.09. The molecule has 0 N–H and O–H groups in total. The van der Waals surface area contributed by atoms with Crippen LogP contribution in [0, 0.1) is 6.92 Å². The summed E-state index contributed by atoms with van der Waals surface area (Å²) < 4.78 is 12.0. The van der Waals surface area contributed by atoms with Crippen molar-refractivity contribution in [2.45, 2.75) is 17.5 Å². The van der Waals surface area contributed by atoms with Gasteiger partial charge in [0, 0.05) is 0 Å². The highest BCUT2D eigenvalue weighted by atomic mass is 127. The molecule has 1 rings (SSSR count). The highest BCUT2D eigenvalue weighted by molar-refractivity contribution is 14.1. The van der Waals surface area contributed by atoms with Gasteiger partial charge in [-0.05, 0) is 42.0 Å². The van der Waals surface area contributed by atoms with Crippen LogP contribution in [0.2, 0.25) is 0 Å². The third-order valence-corrected chi connectivity index (χ3v) is 2.15. The molecule has 1 aromatic rings. The summed E-state index contributed by atoms with van der Waals surface area (Å²) in [4.78, 5) is 0. The van der Waals surface area contributed by atoms with Crippen molar-refractivity contribution in [3.05, 3.63) is 35.4 Å². The standard InChI is InChI=1S/C9H10FI/c1-7-4-3-5-8(6-7)9(2,10)11/h3-6H,1-2H3. The van der Waals surface area contributed by atoms with E-state index in [9.17, 15) is 4.39 Å². The third-order valence-electron chi connectivity index (χ3n) is 1.52. The number of hydrogen-bond donors (Lipinski definition) is 0. The van der Waals surface area contributed by atoms with Gasteiger partial charge in [-0.3, -0.25) is 0 Å². The third kappa shape index (κ3) is 2.43. The van der Waals surface area contributed by atoms with Crippen molar-refractivity contribution in [1.29, 1.82) is 0 Å². The number of alkyl halides is 2. The summed E-state index contributed by atoms with van der Waals surface area (Å²) in [5.74, 6) is 0. The molecule has 0 aromatic heterocycles. The fourth-order valence-electron chi connectivity index (χ4n) is 0.918. The van der Waals surface area contributed by atoms with Crippen LogP contribution in [0.25, 0.3) is 0 Å². The Morgan fingerprint density at radius 1 is 1.45 bits per heavy atom. The van der Waals surface area contributed by atoms with Crippen LogP contribution in [0.3, 0.4) is 0 Å². The molecule has 2 heteroatoms. The molecule has 0 aliphatic heterocycles. The van der Waals surface area contributed by atoms with Gasteiger partial charge < -0.3 is 0 Å². The lowest BCUT2D eigenvalue weighted by Gasteiger charge is -2.12. The lowest BCUT2D eigenvalue weighted by Crippen LogP contribution is -2.03. The monoisotopic (exact) mass is 264 g/mol. The molecule has 0 aliphatic rings. The smallest absolute Gasteiger partial charge is 0.183 e. The quantitative estimate of drug-likeness (QED) is 0.537. The molecule has 0 saturated carbocycles. The van der Waals surface area contributed by atoms with E-state index in [1.54, 1.807) is 35.6 Å². The molecule has 0 aliphatic carbocycles. The van der Waals surface area contributed by atoms with E-state index in [1.165, 1.54) is 0 Å². The minimum absolute atomic E-state index is 0.734. The lowest BCUT2D eigenvalue weighted by molar-refractivity contribution is 0.349. The molecule has 0 radical (unpaired) electrons. The molecule has 0 nitrogen and oxygen atoms in total. The Balaban J connectivity index is 3.06. The van der Waals surface area contributed by atoms with Crippen molar-refractivity contribution < 1.29 is 4.39 Å². The first kappa shape index (κ1) is 8.97. The zero-order chi connectivity index (χ0) is 8.48. The summed E-state index contributed by atoms with van der Waals surface area (Å²) in [5, 5.41) is 0. The number of hydrogen-bond acceptors (Lipinski definition) is 0. The van der Waals surface area contributed by atoms with E-state index in [-0.39, 0.29) is 0 Å². The van der Waals surface area contributed by atoms with Crippen LogP contribution < -0.4 is 0 Å². The summed E-state index contributed by atoms with van der Waals surface area (Å²) in [7, 11) is 0. The maximum Gasteiger partial charge on any atom is 0.183 e. The molecular formula is C9H10FI. The van der Waals surface area contributed by atoms with Crippen LogP contribution in [0.15, 0.2) is 24.3 Å². The number of aryl methyl sites for hydroxylation is 1. The number of halogens is 2. The average molecular weight is 264 g/mol. The molecule has 0 fully saturated rings. The van der Waals surface area contributed by atoms with Crippen molar-refractivity contribution in [1.82, 2.24) is 0 Å². The van der Waals surface area contributed by atoms with Crippen LogP contribution in [0.5, 0.6) is 0 Å². The highest BCUT2D eigenvalue weighted by Gasteiger charge is 2.20. The van der Waals surface area contributed by atoms with Crippen molar-refractivity contribution in [2.24, 2.45) is 0 Å². The highest BCUT2D eigenvalue weighted by Crippen LogP contribution is 2.32. The maximum atomic E-state index is 13.3. The Morgan fingerprint density at radius 2 is 2.09 bits per heavy atom. The van der Waals surface area contributed by atoms with Gasteiger partial charge in [-0.2, -0.15) is 0 Å². The van der Waals surface area contributed by atoms with E-state index in [1.807, 2.05) is 25.1 Å². The van der Waals surface area contributed by atoms with E-state index >= 15 is 0 Å². The maximum absolute atomic E-state index is 13.3. The van der Waals surface area contributed by atoms with Gasteiger partial charge >= 0.3 is 0 Å².